The number of hydrogen-bond donors (Lipinski definition) is 1. The molecule has 0 amide bonds. The van der Waals surface area contributed by atoms with E-state index in [4.69, 9.17) is 9.72 Å². The van der Waals surface area contributed by atoms with Gasteiger partial charge in [-0.15, -0.1) is 6.58 Å². The lowest BCUT2D eigenvalue weighted by Crippen LogP contribution is -2.27. The Kier molecular flexibility index (Phi) is 8.87. The molecule has 0 saturated heterocycles. The summed E-state index contributed by atoms with van der Waals surface area (Å²) in [4.78, 5) is 6.98. The number of pyridine rings is 1. The van der Waals surface area contributed by atoms with Crippen molar-refractivity contribution in [2.45, 2.75) is 26.4 Å². The van der Waals surface area contributed by atoms with Gasteiger partial charge in [0.15, 0.2) is 0 Å². The summed E-state index contributed by atoms with van der Waals surface area (Å²) in [7, 11) is 1.73. The summed E-state index contributed by atoms with van der Waals surface area (Å²) in [6.45, 7) is 11.1. The zero-order valence-corrected chi connectivity index (χ0v) is 12.8. The number of nitrogens with one attached hydrogen (secondary N) is 1. The van der Waals surface area contributed by atoms with E-state index >= 15 is 0 Å². The van der Waals surface area contributed by atoms with E-state index in [9.17, 15) is 0 Å². The highest BCUT2D eigenvalue weighted by atomic mass is 16.5. The Morgan fingerprint density at radius 3 is 2.90 bits per heavy atom. The third-order valence-electron chi connectivity index (χ3n) is 2.98. The molecule has 0 bridgehead atoms. The fourth-order valence-corrected chi connectivity index (χ4v) is 1.98. The third-order valence-corrected chi connectivity index (χ3v) is 2.98. The molecule has 4 nitrogen and oxygen atoms in total. The number of nitrogens with zero attached hydrogens (tertiary/aromatic N) is 2. The molecule has 0 unspecified atom stereocenters. The van der Waals surface area contributed by atoms with Crippen molar-refractivity contribution in [3.8, 4) is 0 Å². The van der Waals surface area contributed by atoms with Crippen molar-refractivity contribution >= 4 is 0 Å². The number of methoxy groups -OCH3 is 1. The fraction of sp³-hybridized carbons (Fsp3) is 0.562. The highest BCUT2D eigenvalue weighted by Gasteiger charge is 2.05. The fourth-order valence-electron chi connectivity index (χ4n) is 1.98. The van der Waals surface area contributed by atoms with Crippen LogP contribution in [-0.4, -0.2) is 43.2 Å². The summed E-state index contributed by atoms with van der Waals surface area (Å²) >= 11 is 0. The van der Waals surface area contributed by atoms with Gasteiger partial charge in [-0.25, -0.2) is 0 Å². The normalized spacial score (nSPS) is 10.9. The molecule has 0 fully saturated rings. The van der Waals surface area contributed by atoms with Gasteiger partial charge in [-0.2, -0.15) is 0 Å². The minimum Gasteiger partial charge on any atom is -0.383 e. The van der Waals surface area contributed by atoms with Crippen molar-refractivity contribution in [3.05, 3.63) is 42.2 Å². The van der Waals surface area contributed by atoms with E-state index in [0.717, 1.165) is 57.1 Å². The second kappa shape index (κ2) is 10.5. The van der Waals surface area contributed by atoms with Gasteiger partial charge in [-0.05, 0) is 25.1 Å². The monoisotopic (exact) mass is 277 g/mol. The second-order valence-electron chi connectivity index (χ2n) is 4.81. The number of ether oxygens (including phenoxy) is 1. The van der Waals surface area contributed by atoms with Crippen LogP contribution >= 0.6 is 0 Å². The molecular formula is C16H27N3O. The lowest BCUT2D eigenvalue weighted by molar-refractivity contribution is 0.150. The molecule has 0 saturated carbocycles. The molecule has 1 N–H and O–H groups in total. The van der Waals surface area contributed by atoms with Crippen LogP contribution < -0.4 is 5.32 Å². The molecule has 0 aliphatic heterocycles. The zero-order valence-electron chi connectivity index (χ0n) is 12.8. The molecule has 20 heavy (non-hydrogen) atoms. The lowest BCUT2D eigenvalue weighted by atomic mass is 10.2. The first-order valence-electron chi connectivity index (χ1n) is 7.27. The molecule has 1 rings (SSSR count). The van der Waals surface area contributed by atoms with Crippen LogP contribution in [0, 0.1) is 0 Å². The molecule has 0 atom stereocenters. The number of rotatable bonds is 11. The highest BCUT2D eigenvalue weighted by molar-refractivity contribution is 5.11. The van der Waals surface area contributed by atoms with E-state index in [0.29, 0.717) is 0 Å². The molecule has 0 spiro atoms. The average molecular weight is 277 g/mol. The van der Waals surface area contributed by atoms with Gasteiger partial charge >= 0.3 is 0 Å². The van der Waals surface area contributed by atoms with Gasteiger partial charge in [0.2, 0.25) is 0 Å². The van der Waals surface area contributed by atoms with Crippen molar-refractivity contribution in [2.75, 3.05) is 33.4 Å². The van der Waals surface area contributed by atoms with Gasteiger partial charge in [0.25, 0.3) is 0 Å². The molecule has 1 heterocycles. The first-order chi connectivity index (χ1) is 9.80. The van der Waals surface area contributed by atoms with E-state index in [1.165, 1.54) is 0 Å². The Labute approximate surface area is 122 Å². The Morgan fingerprint density at radius 2 is 2.20 bits per heavy atom. The SMILES string of the molecule is C=CCN(CCOC)Cc1cccc(CNCCC)n1. The second-order valence-corrected chi connectivity index (χ2v) is 4.81. The van der Waals surface area contributed by atoms with Crippen molar-refractivity contribution in [3.63, 3.8) is 0 Å². The summed E-state index contributed by atoms with van der Waals surface area (Å²) in [5, 5.41) is 3.38. The van der Waals surface area contributed by atoms with Crippen LogP contribution in [0.25, 0.3) is 0 Å². The molecule has 0 aliphatic carbocycles. The van der Waals surface area contributed by atoms with Crippen molar-refractivity contribution in [1.82, 2.24) is 15.2 Å². The van der Waals surface area contributed by atoms with Crippen LogP contribution in [0.1, 0.15) is 24.7 Å². The zero-order chi connectivity index (χ0) is 14.6. The van der Waals surface area contributed by atoms with E-state index in [1.54, 1.807) is 7.11 Å². The minimum atomic E-state index is 0.728. The maximum absolute atomic E-state index is 5.14. The Hall–Kier alpha value is -1.23. The predicted molar refractivity (Wildman–Crippen MR) is 83.6 cm³/mol. The van der Waals surface area contributed by atoms with Crippen LogP contribution in [0.15, 0.2) is 30.9 Å². The average Bonchev–Trinajstić information content (AvgIpc) is 2.46. The lowest BCUT2D eigenvalue weighted by Gasteiger charge is -2.20. The van der Waals surface area contributed by atoms with Gasteiger partial charge in [0.05, 0.1) is 18.0 Å². The van der Waals surface area contributed by atoms with Crippen LogP contribution in [0.3, 0.4) is 0 Å². The first-order valence-corrected chi connectivity index (χ1v) is 7.27. The van der Waals surface area contributed by atoms with Crippen molar-refractivity contribution in [1.29, 1.82) is 0 Å². The Morgan fingerprint density at radius 1 is 1.40 bits per heavy atom. The van der Waals surface area contributed by atoms with Crippen molar-refractivity contribution < 1.29 is 4.74 Å². The maximum Gasteiger partial charge on any atom is 0.0589 e. The first kappa shape index (κ1) is 16.8. The quantitative estimate of drug-likeness (QED) is 0.497. The smallest absolute Gasteiger partial charge is 0.0589 e. The third kappa shape index (κ3) is 6.80. The molecular weight excluding hydrogens is 250 g/mol. The summed E-state index contributed by atoms with van der Waals surface area (Å²) in [5.41, 5.74) is 2.19. The highest BCUT2D eigenvalue weighted by Crippen LogP contribution is 2.04. The molecule has 4 heteroatoms. The number of aromatic nitrogens is 1. The summed E-state index contributed by atoms with van der Waals surface area (Å²) in [6, 6.07) is 6.22. The standard InChI is InChI=1S/C16H27N3O/c1-4-9-17-13-15-7-6-8-16(18-15)14-19(10-5-2)11-12-20-3/h5-8,17H,2,4,9-14H2,1,3H3. The van der Waals surface area contributed by atoms with E-state index in [1.807, 2.05) is 6.08 Å². The topological polar surface area (TPSA) is 37.4 Å². The van der Waals surface area contributed by atoms with Gasteiger partial charge in [-0.3, -0.25) is 9.88 Å². The van der Waals surface area contributed by atoms with Gasteiger partial charge < -0.3 is 10.1 Å². The van der Waals surface area contributed by atoms with E-state index < -0.39 is 0 Å². The van der Waals surface area contributed by atoms with E-state index in [-0.39, 0.29) is 0 Å². The molecule has 1 aromatic rings. The maximum atomic E-state index is 5.14. The van der Waals surface area contributed by atoms with Gasteiger partial charge in [0, 0.05) is 33.3 Å². The predicted octanol–water partition coefficient (Wildman–Crippen LogP) is 2.22. The van der Waals surface area contributed by atoms with E-state index in [2.05, 4.69) is 41.9 Å². The molecule has 0 aromatic carbocycles. The van der Waals surface area contributed by atoms with Gasteiger partial charge in [0.1, 0.15) is 0 Å². The molecule has 1 aromatic heterocycles. The van der Waals surface area contributed by atoms with Gasteiger partial charge in [-0.1, -0.05) is 19.1 Å². The Bertz CT molecular complexity index is 382. The molecule has 0 aliphatic rings. The van der Waals surface area contributed by atoms with Crippen molar-refractivity contribution in [2.24, 2.45) is 0 Å². The summed E-state index contributed by atoms with van der Waals surface area (Å²) in [6.07, 6.45) is 3.06. The van der Waals surface area contributed by atoms with Crippen LogP contribution in [0.4, 0.5) is 0 Å². The van der Waals surface area contributed by atoms with Crippen LogP contribution in [-0.2, 0) is 17.8 Å². The Balaban J connectivity index is 2.55. The van der Waals surface area contributed by atoms with Crippen LogP contribution in [0.2, 0.25) is 0 Å². The largest absolute Gasteiger partial charge is 0.383 e. The molecule has 112 valence electrons. The number of hydrogen-bond acceptors (Lipinski definition) is 4. The summed E-state index contributed by atoms with van der Waals surface area (Å²) < 4.78 is 5.14. The van der Waals surface area contributed by atoms with Crippen LogP contribution in [0.5, 0.6) is 0 Å². The molecule has 0 radical (unpaired) electrons. The minimum absolute atomic E-state index is 0.728. The summed E-state index contributed by atoms with van der Waals surface area (Å²) in [5.74, 6) is 0.